The Bertz CT molecular complexity index is 2520. The minimum absolute atomic E-state index is 0.876. The van der Waals surface area contributed by atoms with E-state index >= 15 is 0 Å². The van der Waals surface area contributed by atoms with Gasteiger partial charge in [0, 0.05) is 22.1 Å². The van der Waals surface area contributed by atoms with Gasteiger partial charge in [0.25, 0.3) is 0 Å². The minimum atomic E-state index is 0.876. The van der Waals surface area contributed by atoms with Gasteiger partial charge in [0.15, 0.2) is 0 Å². The summed E-state index contributed by atoms with van der Waals surface area (Å²) in [4.78, 5) is 15.4. The van der Waals surface area contributed by atoms with Crippen LogP contribution >= 0.6 is 11.3 Å². The molecule has 4 heteroatoms. The molecule has 0 unspecified atom stereocenters. The van der Waals surface area contributed by atoms with E-state index in [2.05, 4.69) is 121 Å². The molecular formula is C41H25N3S. The van der Waals surface area contributed by atoms with Crippen LogP contribution in [0.15, 0.2) is 152 Å². The van der Waals surface area contributed by atoms with Crippen LogP contribution in [0.1, 0.15) is 0 Å². The third-order valence-corrected chi connectivity index (χ3v) is 9.61. The van der Waals surface area contributed by atoms with Crippen molar-refractivity contribution in [2.75, 3.05) is 0 Å². The van der Waals surface area contributed by atoms with Crippen LogP contribution in [0.2, 0.25) is 0 Å². The van der Waals surface area contributed by atoms with E-state index < -0.39 is 0 Å². The molecular weight excluding hydrogens is 567 g/mol. The van der Waals surface area contributed by atoms with E-state index in [4.69, 9.17) is 15.0 Å². The molecule has 9 aromatic rings. The van der Waals surface area contributed by atoms with Gasteiger partial charge in [-0.2, -0.15) is 0 Å². The lowest BCUT2D eigenvalue weighted by Gasteiger charge is -2.12. The molecule has 9 rings (SSSR count). The van der Waals surface area contributed by atoms with Crippen LogP contribution in [-0.4, -0.2) is 15.0 Å². The fraction of sp³-hybridized carbons (Fsp3) is 0. The number of hydrogen-bond donors (Lipinski definition) is 0. The molecule has 0 aliphatic carbocycles. The van der Waals surface area contributed by atoms with Gasteiger partial charge in [0.2, 0.25) is 0 Å². The van der Waals surface area contributed by atoms with Gasteiger partial charge >= 0.3 is 0 Å². The normalized spacial score (nSPS) is 11.6. The summed E-state index contributed by atoms with van der Waals surface area (Å²) in [7, 11) is 0. The summed E-state index contributed by atoms with van der Waals surface area (Å²) >= 11 is 1.77. The molecule has 7 aromatic carbocycles. The van der Waals surface area contributed by atoms with E-state index in [1.807, 2.05) is 30.3 Å². The summed E-state index contributed by atoms with van der Waals surface area (Å²) in [6.45, 7) is 0. The Hall–Kier alpha value is -5.71. The number of aromatic nitrogens is 3. The molecule has 0 saturated heterocycles. The lowest BCUT2D eigenvalue weighted by molar-refractivity contribution is 1.29. The molecule has 0 aliphatic heterocycles. The second-order valence-electron chi connectivity index (χ2n) is 11.3. The Kier molecular flexibility index (Phi) is 6.00. The molecule has 0 saturated carbocycles. The number of rotatable bonds is 4. The first-order chi connectivity index (χ1) is 22.3. The zero-order chi connectivity index (χ0) is 29.7. The van der Waals surface area contributed by atoms with Gasteiger partial charge in [-0.05, 0) is 51.6 Å². The molecule has 0 aliphatic rings. The lowest BCUT2D eigenvalue weighted by atomic mass is 9.96. The predicted molar refractivity (Wildman–Crippen MR) is 189 cm³/mol. The Balaban J connectivity index is 1.22. The summed E-state index contributed by atoms with van der Waals surface area (Å²) in [6.07, 6.45) is 0. The van der Waals surface area contributed by atoms with Crippen molar-refractivity contribution in [1.82, 2.24) is 15.0 Å². The number of nitrogens with zero attached hydrogens (tertiary/aromatic N) is 3. The second-order valence-corrected chi connectivity index (χ2v) is 12.3. The SMILES string of the molecule is c1ccc(-c2nc3ccc4ccc5ccc(-c6ccc7nc(-c8ccccc8)c(-c8ccccc8)nc7c6)cc5c4c3s2)cc1. The highest BCUT2D eigenvalue weighted by molar-refractivity contribution is 7.22. The fourth-order valence-electron chi connectivity index (χ4n) is 6.23. The maximum Gasteiger partial charge on any atom is 0.124 e. The monoisotopic (exact) mass is 591 g/mol. The lowest BCUT2D eigenvalue weighted by Crippen LogP contribution is -1.95. The van der Waals surface area contributed by atoms with Crippen molar-refractivity contribution in [3.63, 3.8) is 0 Å². The number of thiazole rings is 1. The van der Waals surface area contributed by atoms with E-state index in [1.165, 1.54) is 26.2 Å². The van der Waals surface area contributed by atoms with Gasteiger partial charge in [-0.15, -0.1) is 11.3 Å². The maximum atomic E-state index is 5.22. The zero-order valence-electron chi connectivity index (χ0n) is 24.2. The van der Waals surface area contributed by atoms with Crippen molar-refractivity contribution in [3.05, 3.63) is 152 Å². The van der Waals surface area contributed by atoms with Crippen molar-refractivity contribution < 1.29 is 0 Å². The van der Waals surface area contributed by atoms with Crippen LogP contribution < -0.4 is 0 Å². The fourth-order valence-corrected chi connectivity index (χ4v) is 7.37. The molecule has 0 radical (unpaired) electrons. The van der Waals surface area contributed by atoms with Gasteiger partial charge in [0.1, 0.15) is 5.01 Å². The van der Waals surface area contributed by atoms with Gasteiger partial charge in [-0.25, -0.2) is 15.0 Å². The highest BCUT2D eigenvalue weighted by Crippen LogP contribution is 2.40. The van der Waals surface area contributed by atoms with E-state index in [-0.39, 0.29) is 0 Å². The standard InChI is InChI=1S/C41H25N3S/c1-4-10-28(11-5-1)38-39(29-12-6-2-7-13-29)43-36-25-32(21-22-34(36)42-38)31-19-17-26-16-18-27-20-23-35-40(37(27)33(26)24-31)45-41(44-35)30-14-8-3-9-15-30/h1-25H. The first-order valence-corrected chi connectivity index (χ1v) is 15.8. The molecule has 0 atom stereocenters. The summed E-state index contributed by atoms with van der Waals surface area (Å²) in [5.41, 5.74) is 10.1. The summed E-state index contributed by atoms with van der Waals surface area (Å²) < 4.78 is 1.22. The second kappa shape index (κ2) is 10.5. The topological polar surface area (TPSA) is 38.7 Å². The first-order valence-electron chi connectivity index (χ1n) is 15.0. The highest BCUT2D eigenvalue weighted by atomic mass is 32.1. The third kappa shape index (κ3) is 4.46. The molecule has 0 bridgehead atoms. The smallest absolute Gasteiger partial charge is 0.124 e. The minimum Gasteiger partial charge on any atom is -0.244 e. The van der Waals surface area contributed by atoms with Gasteiger partial charge in [-0.1, -0.05) is 127 Å². The van der Waals surface area contributed by atoms with Gasteiger partial charge in [-0.3, -0.25) is 0 Å². The third-order valence-electron chi connectivity index (χ3n) is 8.47. The van der Waals surface area contributed by atoms with Crippen LogP contribution in [0.5, 0.6) is 0 Å². The molecule has 0 spiro atoms. The van der Waals surface area contributed by atoms with Crippen molar-refractivity contribution in [3.8, 4) is 44.2 Å². The average Bonchev–Trinajstić information content (AvgIpc) is 3.56. The average molecular weight is 592 g/mol. The Morgan fingerprint density at radius 3 is 1.62 bits per heavy atom. The van der Waals surface area contributed by atoms with Crippen LogP contribution in [0.3, 0.4) is 0 Å². The zero-order valence-corrected chi connectivity index (χ0v) is 25.0. The molecule has 0 fully saturated rings. The molecule has 0 N–H and O–H groups in total. The molecule has 3 nitrogen and oxygen atoms in total. The van der Waals surface area contributed by atoms with Gasteiger partial charge in [0.05, 0.1) is 32.6 Å². The summed E-state index contributed by atoms with van der Waals surface area (Å²) in [5.74, 6) is 0. The quantitative estimate of drug-likeness (QED) is 0.191. The van der Waals surface area contributed by atoms with Crippen molar-refractivity contribution in [2.45, 2.75) is 0 Å². The molecule has 2 aromatic heterocycles. The Morgan fingerprint density at radius 2 is 0.911 bits per heavy atom. The van der Waals surface area contributed by atoms with E-state index in [9.17, 15) is 0 Å². The largest absolute Gasteiger partial charge is 0.244 e. The molecule has 0 amide bonds. The van der Waals surface area contributed by atoms with Crippen molar-refractivity contribution in [2.24, 2.45) is 0 Å². The van der Waals surface area contributed by atoms with Crippen LogP contribution in [0.25, 0.3) is 87.0 Å². The van der Waals surface area contributed by atoms with Crippen LogP contribution in [-0.2, 0) is 0 Å². The summed E-state index contributed by atoms with van der Waals surface area (Å²) in [5, 5.41) is 5.97. The molecule has 2 heterocycles. The van der Waals surface area contributed by atoms with Crippen molar-refractivity contribution in [1.29, 1.82) is 0 Å². The predicted octanol–water partition coefficient (Wildman–Crippen LogP) is 11.2. The summed E-state index contributed by atoms with van der Waals surface area (Å²) in [6, 6.07) is 53.1. The van der Waals surface area contributed by atoms with Gasteiger partial charge < -0.3 is 0 Å². The number of benzene rings is 7. The number of hydrogen-bond acceptors (Lipinski definition) is 4. The first kappa shape index (κ1) is 25.8. The van der Waals surface area contributed by atoms with E-state index in [0.717, 1.165) is 60.8 Å². The molecule has 45 heavy (non-hydrogen) atoms. The van der Waals surface area contributed by atoms with Crippen molar-refractivity contribution >= 4 is 54.1 Å². The van der Waals surface area contributed by atoms with Crippen LogP contribution in [0.4, 0.5) is 0 Å². The van der Waals surface area contributed by atoms with E-state index in [0.29, 0.717) is 0 Å². The number of fused-ring (bicyclic) bond motifs is 6. The Morgan fingerprint density at radius 1 is 0.378 bits per heavy atom. The van der Waals surface area contributed by atoms with E-state index in [1.54, 1.807) is 11.3 Å². The Labute approximate surface area is 264 Å². The maximum absolute atomic E-state index is 5.22. The molecule has 210 valence electrons. The highest BCUT2D eigenvalue weighted by Gasteiger charge is 2.15. The van der Waals surface area contributed by atoms with Crippen LogP contribution in [0, 0.1) is 0 Å².